The highest BCUT2D eigenvalue weighted by Crippen LogP contribution is 2.44. The second-order valence-electron chi connectivity index (χ2n) is 7.67. The number of rotatable bonds is 5. The first-order valence-corrected chi connectivity index (χ1v) is 9.77. The standard InChI is InChI=1S/C21H24N4O2/c1-3-21(6-7-21)27-15-4-5-17-16(10-15)20(24-17)18-11-19(23-13-22-18)25-8-9-26-14(2)12-25/h4-5,10-11,13-14H,3,6-9,12H2,1-2H3. The van der Waals surface area contributed by atoms with Gasteiger partial charge in [0.25, 0.3) is 0 Å². The number of aliphatic imine (C=N–C) groups is 1. The van der Waals surface area contributed by atoms with Crippen LogP contribution in [0.1, 0.15) is 44.4 Å². The predicted octanol–water partition coefficient (Wildman–Crippen LogP) is 3.51. The Morgan fingerprint density at radius 3 is 2.93 bits per heavy atom. The van der Waals surface area contributed by atoms with E-state index in [9.17, 15) is 0 Å². The van der Waals surface area contributed by atoms with Gasteiger partial charge in [0.15, 0.2) is 0 Å². The van der Waals surface area contributed by atoms with E-state index >= 15 is 0 Å². The zero-order valence-corrected chi connectivity index (χ0v) is 15.8. The summed E-state index contributed by atoms with van der Waals surface area (Å²) in [5, 5.41) is 0. The quantitative estimate of drug-likeness (QED) is 0.693. The molecule has 2 aromatic rings. The number of aromatic nitrogens is 2. The number of fused-ring (bicyclic) bond motifs is 1. The van der Waals surface area contributed by atoms with Crippen molar-refractivity contribution in [3.05, 3.63) is 41.9 Å². The van der Waals surface area contributed by atoms with Crippen molar-refractivity contribution >= 4 is 17.2 Å². The van der Waals surface area contributed by atoms with Gasteiger partial charge in [0.1, 0.15) is 23.5 Å². The molecule has 140 valence electrons. The van der Waals surface area contributed by atoms with E-state index in [2.05, 4.69) is 39.8 Å². The largest absolute Gasteiger partial charge is 0.487 e. The number of hydrogen-bond donors (Lipinski definition) is 0. The van der Waals surface area contributed by atoms with Crippen LogP contribution in [0.3, 0.4) is 0 Å². The molecule has 1 aliphatic carbocycles. The van der Waals surface area contributed by atoms with E-state index in [0.717, 1.165) is 73.2 Å². The van der Waals surface area contributed by atoms with Crippen LogP contribution in [-0.2, 0) is 4.74 Å². The van der Waals surface area contributed by atoms with Crippen molar-refractivity contribution in [1.82, 2.24) is 9.97 Å². The highest BCUT2D eigenvalue weighted by molar-refractivity contribution is 6.21. The summed E-state index contributed by atoms with van der Waals surface area (Å²) in [7, 11) is 0. The molecule has 5 rings (SSSR count). The molecule has 2 aliphatic heterocycles. The minimum absolute atomic E-state index is 0.0599. The van der Waals surface area contributed by atoms with E-state index in [0.29, 0.717) is 0 Å². The van der Waals surface area contributed by atoms with Crippen LogP contribution in [0, 0.1) is 0 Å². The Kier molecular flexibility index (Phi) is 3.90. The van der Waals surface area contributed by atoms with Gasteiger partial charge < -0.3 is 14.4 Å². The second-order valence-corrected chi connectivity index (χ2v) is 7.67. The van der Waals surface area contributed by atoms with Crippen molar-refractivity contribution in [2.45, 2.75) is 44.8 Å². The first kappa shape index (κ1) is 16.7. The molecular formula is C21H24N4O2. The maximum Gasteiger partial charge on any atom is 0.132 e. The van der Waals surface area contributed by atoms with Gasteiger partial charge in [0.05, 0.1) is 29.8 Å². The lowest BCUT2D eigenvalue weighted by atomic mass is 9.98. The molecule has 0 spiro atoms. The summed E-state index contributed by atoms with van der Waals surface area (Å²) in [5.74, 6) is 1.86. The molecule has 1 saturated heterocycles. The smallest absolute Gasteiger partial charge is 0.132 e. The third kappa shape index (κ3) is 3.08. The van der Waals surface area contributed by atoms with Gasteiger partial charge in [-0.1, -0.05) is 6.92 Å². The van der Waals surface area contributed by atoms with Gasteiger partial charge in [-0.05, 0) is 44.4 Å². The number of morpholine rings is 1. The molecule has 0 N–H and O–H groups in total. The molecule has 2 fully saturated rings. The van der Waals surface area contributed by atoms with Gasteiger partial charge >= 0.3 is 0 Å². The Labute approximate surface area is 159 Å². The fourth-order valence-electron chi connectivity index (χ4n) is 3.78. The lowest BCUT2D eigenvalue weighted by Gasteiger charge is -2.32. The minimum atomic E-state index is 0.0599. The van der Waals surface area contributed by atoms with Crippen LogP contribution in [0.5, 0.6) is 5.75 Å². The molecule has 0 radical (unpaired) electrons. The molecule has 1 aromatic heterocycles. The molecule has 1 atom stereocenters. The van der Waals surface area contributed by atoms with Crippen molar-refractivity contribution in [3.8, 4) is 5.75 Å². The first-order chi connectivity index (χ1) is 13.2. The molecule has 1 saturated carbocycles. The van der Waals surface area contributed by atoms with E-state index in [1.54, 1.807) is 6.33 Å². The lowest BCUT2D eigenvalue weighted by molar-refractivity contribution is 0.0529. The third-order valence-electron chi connectivity index (χ3n) is 5.70. The highest BCUT2D eigenvalue weighted by Gasteiger charge is 2.43. The van der Waals surface area contributed by atoms with E-state index in [4.69, 9.17) is 9.47 Å². The number of hydrogen-bond acceptors (Lipinski definition) is 6. The fourth-order valence-corrected chi connectivity index (χ4v) is 3.78. The Balaban J connectivity index is 1.38. The van der Waals surface area contributed by atoms with Gasteiger partial charge in [0, 0.05) is 24.7 Å². The SMILES string of the molecule is CCC1(Oc2ccc3c(c2)C(c2cc(N4CCOC(C)C4)ncn2)=N3)CC1. The number of anilines is 1. The Morgan fingerprint density at radius 1 is 1.26 bits per heavy atom. The van der Waals surface area contributed by atoms with Crippen LogP contribution >= 0.6 is 0 Å². The van der Waals surface area contributed by atoms with E-state index in [1.165, 1.54) is 0 Å². The zero-order chi connectivity index (χ0) is 18.4. The lowest BCUT2D eigenvalue weighted by Crippen LogP contribution is -2.41. The van der Waals surface area contributed by atoms with Crippen molar-refractivity contribution in [3.63, 3.8) is 0 Å². The summed E-state index contributed by atoms with van der Waals surface area (Å²) in [6, 6.07) is 8.19. The van der Waals surface area contributed by atoms with Crippen molar-refractivity contribution in [1.29, 1.82) is 0 Å². The molecule has 0 amide bonds. The summed E-state index contributed by atoms with van der Waals surface area (Å²) < 4.78 is 11.9. The second kappa shape index (κ2) is 6.30. The van der Waals surface area contributed by atoms with E-state index < -0.39 is 0 Å². The highest BCUT2D eigenvalue weighted by atomic mass is 16.5. The molecule has 1 aromatic carbocycles. The van der Waals surface area contributed by atoms with Gasteiger partial charge in [-0.2, -0.15) is 0 Å². The average molecular weight is 364 g/mol. The minimum Gasteiger partial charge on any atom is -0.487 e. The molecule has 3 aliphatic rings. The molecule has 27 heavy (non-hydrogen) atoms. The topological polar surface area (TPSA) is 59.8 Å². The average Bonchev–Trinajstić information content (AvgIpc) is 3.44. The van der Waals surface area contributed by atoms with Gasteiger partial charge in [-0.3, -0.25) is 0 Å². The van der Waals surface area contributed by atoms with Crippen LogP contribution in [0.4, 0.5) is 11.5 Å². The van der Waals surface area contributed by atoms with Gasteiger partial charge in [-0.15, -0.1) is 0 Å². The van der Waals surface area contributed by atoms with Crippen molar-refractivity contribution in [2.24, 2.45) is 4.99 Å². The van der Waals surface area contributed by atoms with Crippen LogP contribution in [0.2, 0.25) is 0 Å². The van der Waals surface area contributed by atoms with Crippen LogP contribution in [0.15, 0.2) is 35.6 Å². The maximum atomic E-state index is 6.24. The Hall–Kier alpha value is -2.47. The predicted molar refractivity (Wildman–Crippen MR) is 104 cm³/mol. The molecule has 6 heteroatoms. The molecule has 1 unspecified atom stereocenters. The van der Waals surface area contributed by atoms with E-state index in [-0.39, 0.29) is 11.7 Å². The van der Waals surface area contributed by atoms with Crippen LogP contribution < -0.4 is 9.64 Å². The third-order valence-corrected chi connectivity index (χ3v) is 5.70. The van der Waals surface area contributed by atoms with Crippen molar-refractivity contribution in [2.75, 3.05) is 24.6 Å². The zero-order valence-electron chi connectivity index (χ0n) is 15.8. The molecule has 0 bridgehead atoms. The van der Waals surface area contributed by atoms with Gasteiger partial charge in [0.2, 0.25) is 0 Å². The fraction of sp³-hybridized carbons (Fsp3) is 0.476. The molecular weight excluding hydrogens is 340 g/mol. The first-order valence-electron chi connectivity index (χ1n) is 9.77. The number of nitrogens with zero attached hydrogens (tertiary/aromatic N) is 4. The summed E-state index contributed by atoms with van der Waals surface area (Å²) in [6.45, 7) is 6.70. The van der Waals surface area contributed by atoms with Crippen LogP contribution in [-0.4, -0.2) is 47.1 Å². The van der Waals surface area contributed by atoms with E-state index in [1.807, 2.05) is 18.2 Å². The Morgan fingerprint density at radius 2 is 2.15 bits per heavy atom. The van der Waals surface area contributed by atoms with Crippen LogP contribution in [0.25, 0.3) is 0 Å². The summed E-state index contributed by atoms with van der Waals surface area (Å²) >= 11 is 0. The monoisotopic (exact) mass is 364 g/mol. The summed E-state index contributed by atoms with van der Waals surface area (Å²) in [4.78, 5) is 15.8. The molecule has 6 nitrogen and oxygen atoms in total. The Bertz CT molecular complexity index is 907. The summed E-state index contributed by atoms with van der Waals surface area (Å²) in [6.07, 6.45) is 5.19. The number of benzene rings is 1. The normalized spacial score (nSPS) is 22.5. The molecule has 3 heterocycles. The van der Waals surface area contributed by atoms with Gasteiger partial charge in [-0.25, -0.2) is 15.0 Å². The summed E-state index contributed by atoms with van der Waals surface area (Å²) in [5.41, 5.74) is 3.95. The maximum absolute atomic E-state index is 6.24. The number of ether oxygens (including phenoxy) is 2. The van der Waals surface area contributed by atoms with Crippen molar-refractivity contribution < 1.29 is 9.47 Å².